The van der Waals surface area contributed by atoms with Crippen LogP contribution in [0.2, 0.25) is 5.02 Å². The van der Waals surface area contributed by atoms with Crippen LogP contribution in [0.3, 0.4) is 0 Å². The number of carbonyl (C=O) groups is 1. The Morgan fingerprint density at radius 2 is 2.07 bits per heavy atom. The molecule has 1 aromatic heterocycles. The predicted octanol–water partition coefficient (Wildman–Crippen LogP) is 4.07. The van der Waals surface area contributed by atoms with Crippen LogP contribution in [0, 0.1) is 5.92 Å². The van der Waals surface area contributed by atoms with E-state index in [1.807, 2.05) is 13.8 Å². The third-order valence-corrected chi connectivity index (χ3v) is 4.01. The molecule has 0 spiro atoms. The van der Waals surface area contributed by atoms with Crippen LogP contribution in [0.15, 0.2) is 39.5 Å². The number of oxazole rings is 1. The Morgan fingerprint density at radius 1 is 1.30 bits per heavy atom. The largest absolute Gasteiger partial charge is 0.493 e. The normalized spacial score (nSPS) is 11.0. The monoisotopic (exact) mass is 390 g/mol. The van der Waals surface area contributed by atoms with E-state index in [0.717, 1.165) is 0 Å². The van der Waals surface area contributed by atoms with Gasteiger partial charge in [-0.25, -0.2) is 4.79 Å². The van der Waals surface area contributed by atoms with E-state index < -0.39 is 5.76 Å². The summed E-state index contributed by atoms with van der Waals surface area (Å²) < 4.78 is 15.9. The summed E-state index contributed by atoms with van der Waals surface area (Å²) in [5.41, 5.74) is 1.72. The van der Waals surface area contributed by atoms with Crippen LogP contribution < -0.4 is 20.5 Å². The second-order valence-electron chi connectivity index (χ2n) is 6.37. The summed E-state index contributed by atoms with van der Waals surface area (Å²) in [6.07, 6.45) is 0. The predicted molar refractivity (Wildman–Crippen MR) is 103 cm³/mol. The van der Waals surface area contributed by atoms with Crippen molar-refractivity contribution in [1.29, 1.82) is 0 Å². The summed E-state index contributed by atoms with van der Waals surface area (Å²) in [5.74, 6) is 0.167. The zero-order valence-electron chi connectivity index (χ0n) is 15.1. The van der Waals surface area contributed by atoms with Crippen molar-refractivity contribution < 1.29 is 18.7 Å². The molecule has 0 aliphatic carbocycles. The number of nitrogens with one attached hydrogen (secondary N) is 2. The number of carbonyl (C=O) groups excluding carboxylic acids is 1. The number of aromatic nitrogens is 1. The van der Waals surface area contributed by atoms with Crippen LogP contribution in [0.1, 0.15) is 24.2 Å². The minimum absolute atomic E-state index is 0.287. The molecule has 27 heavy (non-hydrogen) atoms. The maximum absolute atomic E-state index is 12.6. The maximum atomic E-state index is 12.6. The van der Waals surface area contributed by atoms with Gasteiger partial charge in [-0.15, -0.1) is 0 Å². The second kappa shape index (κ2) is 7.75. The molecule has 2 N–H and O–H groups in total. The number of ether oxygens (including phenoxy) is 2. The highest BCUT2D eigenvalue weighted by Gasteiger charge is 2.17. The van der Waals surface area contributed by atoms with Crippen molar-refractivity contribution >= 4 is 34.3 Å². The number of H-pyrrole nitrogens is 1. The fraction of sp³-hybridized carbons (Fsp3) is 0.263. The van der Waals surface area contributed by atoms with Gasteiger partial charge >= 0.3 is 5.76 Å². The van der Waals surface area contributed by atoms with Crippen LogP contribution in [0.5, 0.6) is 11.5 Å². The molecule has 3 aromatic rings. The van der Waals surface area contributed by atoms with E-state index in [0.29, 0.717) is 46.4 Å². The van der Waals surface area contributed by atoms with Crippen molar-refractivity contribution in [3.63, 3.8) is 0 Å². The molecule has 0 fully saturated rings. The number of methoxy groups -OCH3 is 1. The van der Waals surface area contributed by atoms with E-state index in [1.54, 1.807) is 24.3 Å². The molecule has 3 rings (SSSR count). The fourth-order valence-electron chi connectivity index (χ4n) is 2.47. The molecule has 2 aromatic carbocycles. The van der Waals surface area contributed by atoms with Gasteiger partial charge < -0.3 is 19.2 Å². The van der Waals surface area contributed by atoms with Crippen molar-refractivity contribution in [1.82, 2.24) is 4.98 Å². The summed E-state index contributed by atoms with van der Waals surface area (Å²) in [6, 6.07) is 7.93. The number of rotatable bonds is 6. The van der Waals surface area contributed by atoms with Gasteiger partial charge in [-0.2, -0.15) is 0 Å². The van der Waals surface area contributed by atoms with Crippen LogP contribution in [-0.2, 0) is 0 Å². The van der Waals surface area contributed by atoms with Gasteiger partial charge in [0.15, 0.2) is 17.1 Å². The molecule has 0 radical (unpaired) electrons. The quantitative estimate of drug-likeness (QED) is 0.661. The Hall–Kier alpha value is -2.93. The molecule has 0 saturated carbocycles. The Balaban J connectivity index is 1.84. The highest BCUT2D eigenvalue weighted by Crippen LogP contribution is 2.37. The van der Waals surface area contributed by atoms with Crippen molar-refractivity contribution in [3.05, 3.63) is 51.5 Å². The lowest BCUT2D eigenvalue weighted by Gasteiger charge is -2.15. The first kappa shape index (κ1) is 18.8. The smallest absolute Gasteiger partial charge is 0.417 e. The lowest BCUT2D eigenvalue weighted by molar-refractivity contribution is 0.102. The number of amides is 1. The molecule has 1 heterocycles. The molecule has 7 nitrogen and oxygen atoms in total. The van der Waals surface area contributed by atoms with E-state index in [4.69, 9.17) is 25.5 Å². The third kappa shape index (κ3) is 4.25. The first-order valence-electron chi connectivity index (χ1n) is 8.32. The first-order valence-corrected chi connectivity index (χ1v) is 8.69. The summed E-state index contributed by atoms with van der Waals surface area (Å²) >= 11 is 6.29. The molecule has 0 aliphatic heterocycles. The number of fused-ring (bicyclic) bond motifs is 1. The molecule has 0 bridgehead atoms. The van der Waals surface area contributed by atoms with E-state index in [9.17, 15) is 9.59 Å². The Labute approximate surface area is 160 Å². The summed E-state index contributed by atoms with van der Waals surface area (Å²) in [7, 11) is 1.48. The first-order chi connectivity index (χ1) is 12.9. The van der Waals surface area contributed by atoms with Gasteiger partial charge in [0.05, 0.1) is 24.3 Å². The zero-order chi connectivity index (χ0) is 19.6. The highest BCUT2D eigenvalue weighted by molar-refractivity contribution is 6.32. The van der Waals surface area contributed by atoms with E-state index in [2.05, 4.69) is 10.3 Å². The Kier molecular flexibility index (Phi) is 5.41. The molecule has 0 unspecified atom stereocenters. The van der Waals surface area contributed by atoms with Gasteiger partial charge in [-0.05, 0) is 36.2 Å². The van der Waals surface area contributed by atoms with Gasteiger partial charge in [0.25, 0.3) is 5.91 Å². The van der Waals surface area contributed by atoms with E-state index >= 15 is 0 Å². The summed E-state index contributed by atoms with van der Waals surface area (Å²) in [5, 5.41) is 3.04. The Morgan fingerprint density at radius 3 is 2.78 bits per heavy atom. The van der Waals surface area contributed by atoms with E-state index in [-0.39, 0.29) is 10.9 Å². The lowest BCUT2D eigenvalue weighted by atomic mass is 10.1. The number of hydrogen-bond donors (Lipinski definition) is 2. The third-order valence-electron chi connectivity index (χ3n) is 3.73. The van der Waals surface area contributed by atoms with Crippen molar-refractivity contribution in [3.8, 4) is 11.5 Å². The van der Waals surface area contributed by atoms with Crippen LogP contribution in [0.4, 0.5) is 5.69 Å². The van der Waals surface area contributed by atoms with Crippen LogP contribution in [-0.4, -0.2) is 24.6 Å². The van der Waals surface area contributed by atoms with Gasteiger partial charge in [0.2, 0.25) is 0 Å². The van der Waals surface area contributed by atoms with Gasteiger partial charge in [0, 0.05) is 11.3 Å². The molecule has 0 aliphatic rings. The van der Waals surface area contributed by atoms with Gasteiger partial charge in [-0.3, -0.25) is 9.78 Å². The molecular weight excluding hydrogens is 372 g/mol. The standard InChI is InChI=1S/C19H19ClN2O5/c1-10(2)9-26-17-13(20)6-11(7-16(17)25-3)18(23)21-12-4-5-15-14(8-12)22-19(24)27-15/h4-8,10H,9H2,1-3H3,(H,21,23)(H,22,24). The molecule has 0 saturated heterocycles. The van der Waals surface area contributed by atoms with Gasteiger partial charge in [-0.1, -0.05) is 25.4 Å². The minimum Gasteiger partial charge on any atom is -0.493 e. The minimum atomic E-state index is -0.554. The average molecular weight is 391 g/mol. The topological polar surface area (TPSA) is 93.6 Å². The molecule has 142 valence electrons. The van der Waals surface area contributed by atoms with Crippen molar-refractivity contribution in [2.24, 2.45) is 5.92 Å². The number of benzene rings is 2. The summed E-state index contributed by atoms with van der Waals surface area (Å²) in [4.78, 5) is 26.4. The maximum Gasteiger partial charge on any atom is 0.417 e. The molecule has 0 atom stereocenters. The average Bonchev–Trinajstić information content (AvgIpc) is 2.99. The number of hydrogen-bond acceptors (Lipinski definition) is 5. The number of anilines is 1. The fourth-order valence-corrected chi connectivity index (χ4v) is 2.74. The zero-order valence-corrected chi connectivity index (χ0v) is 15.8. The SMILES string of the molecule is COc1cc(C(=O)Nc2ccc3oc(=O)[nH]c3c2)cc(Cl)c1OCC(C)C. The molecular formula is C19H19ClN2O5. The molecule has 8 heteroatoms. The summed E-state index contributed by atoms with van der Waals surface area (Å²) in [6.45, 7) is 4.52. The van der Waals surface area contributed by atoms with Crippen LogP contribution >= 0.6 is 11.6 Å². The van der Waals surface area contributed by atoms with E-state index in [1.165, 1.54) is 13.2 Å². The lowest BCUT2D eigenvalue weighted by Crippen LogP contribution is -2.13. The van der Waals surface area contributed by atoms with Crippen molar-refractivity contribution in [2.45, 2.75) is 13.8 Å². The van der Waals surface area contributed by atoms with Crippen molar-refractivity contribution in [2.75, 3.05) is 19.0 Å². The number of halogens is 1. The number of aromatic amines is 1. The highest BCUT2D eigenvalue weighted by atomic mass is 35.5. The van der Waals surface area contributed by atoms with Gasteiger partial charge in [0.1, 0.15) is 0 Å². The second-order valence-corrected chi connectivity index (χ2v) is 6.78. The Bertz CT molecular complexity index is 1040. The molecule has 1 amide bonds. The van der Waals surface area contributed by atoms with Crippen LogP contribution in [0.25, 0.3) is 11.1 Å².